The number of ether oxygens (including phenoxy) is 6. The molecule has 0 aromatic rings. The second-order valence-electron chi connectivity index (χ2n) is 22.4. The van der Waals surface area contributed by atoms with Gasteiger partial charge in [-0.25, -0.2) is 0 Å². The van der Waals surface area contributed by atoms with Crippen molar-refractivity contribution in [1.82, 2.24) is 0 Å². The molecule has 67 heavy (non-hydrogen) atoms. The van der Waals surface area contributed by atoms with Gasteiger partial charge in [0, 0.05) is 14.8 Å². The van der Waals surface area contributed by atoms with Gasteiger partial charge in [-0.1, -0.05) is 68.9 Å². The van der Waals surface area contributed by atoms with E-state index < -0.39 is 134 Å². The van der Waals surface area contributed by atoms with Crippen molar-refractivity contribution < 1.29 is 94.5 Å². The molecule has 0 amide bonds. The maximum absolute atomic E-state index is 15.0. The largest absolute Gasteiger partial charge is 0.432 e. The molecule has 4 saturated carbocycles. The molecule has 384 valence electrons. The van der Waals surface area contributed by atoms with Crippen molar-refractivity contribution in [2.24, 2.45) is 51.2 Å². The Morgan fingerprint density at radius 1 is 0.731 bits per heavy atom. The number of allylic oxidation sites excluding steroid dienone is 2. The van der Waals surface area contributed by atoms with Crippen molar-refractivity contribution in [3.63, 3.8) is 0 Å². The van der Waals surface area contributed by atoms with Crippen LogP contribution in [0.1, 0.15) is 92.9 Å². The van der Waals surface area contributed by atoms with Gasteiger partial charge in [0.25, 0.3) is 0 Å². The predicted molar refractivity (Wildman–Crippen MR) is 240 cm³/mol. The highest BCUT2D eigenvalue weighted by Crippen LogP contribution is 2.75. The summed E-state index contributed by atoms with van der Waals surface area (Å²) in [5.74, 6) is -0.416. The Kier molecular flexibility index (Phi) is 14.9. The van der Waals surface area contributed by atoms with Crippen LogP contribution in [0.5, 0.6) is 0 Å². The van der Waals surface area contributed by atoms with Gasteiger partial charge in [-0.05, 0) is 92.8 Å². The molecule has 8 aliphatic rings. The third-order valence-electron chi connectivity index (χ3n) is 19.0. The summed E-state index contributed by atoms with van der Waals surface area (Å²) in [7, 11) is 0. The number of hydrogen-bond donors (Lipinski definition) is 12. The topological polar surface area (TPSA) is 315 Å². The number of carbonyl (C=O) groups is 1. The lowest BCUT2D eigenvalue weighted by Gasteiger charge is -2.71. The highest BCUT2D eigenvalue weighted by atomic mass is 127. The average Bonchev–Trinajstić information content (AvgIpc) is 3.29. The van der Waals surface area contributed by atoms with Gasteiger partial charge in [0.15, 0.2) is 12.6 Å². The van der Waals surface area contributed by atoms with Crippen LogP contribution >= 0.6 is 22.6 Å². The highest BCUT2D eigenvalue weighted by Gasteiger charge is 2.72. The van der Waals surface area contributed by atoms with E-state index >= 15 is 4.79 Å². The molecule has 27 atom stereocenters. The maximum atomic E-state index is 15.0. The number of hydrogen-bond acceptors (Lipinski definition) is 19. The summed E-state index contributed by atoms with van der Waals surface area (Å²) in [6.45, 7) is 10.6. The van der Waals surface area contributed by atoms with Crippen LogP contribution in [0.25, 0.3) is 0 Å². The quantitative estimate of drug-likeness (QED) is 0.0578. The van der Waals surface area contributed by atoms with Crippen molar-refractivity contribution in [2.75, 3.05) is 19.8 Å². The molecule has 2 unspecified atom stereocenters. The Morgan fingerprint density at radius 3 is 2.04 bits per heavy atom. The van der Waals surface area contributed by atoms with Crippen LogP contribution in [0, 0.1) is 51.2 Å². The van der Waals surface area contributed by atoms with Gasteiger partial charge >= 0.3 is 5.97 Å². The molecule has 0 aromatic heterocycles. The first-order valence-electron chi connectivity index (χ1n) is 24.2. The molecular formula is C47H75IO19. The van der Waals surface area contributed by atoms with Gasteiger partial charge in [0.05, 0.1) is 43.5 Å². The lowest BCUT2D eigenvalue weighted by atomic mass is 9.36. The minimum absolute atomic E-state index is 0.0146. The number of fused-ring (bicyclic) bond motifs is 7. The molecule has 0 radical (unpaired) electrons. The van der Waals surface area contributed by atoms with Crippen molar-refractivity contribution in [3.05, 3.63) is 11.6 Å². The summed E-state index contributed by atoms with van der Waals surface area (Å²) in [5.41, 5.74) is -1.33. The monoisotopic (exact) mass is 1070 g/mol. The zero-order valence-electron chi connectivity index (χ0n) is 39.2. The molecule has 0 bridgehead atoms. The Morgan fingerprint density at radius 2 is 1.37 bits per heavy atom. The van der Waals surface area contributed by atoms with Crippen molar-refractivity contribution in [1.29, 1.82) is 0 Å². The summed E-state index contributed by atoms with van der Waals surface area (Å²) in [5, 5.41) is 130. The van der Waals surface area contributed by atoms with E-state index in [0.29, 0.717) is 32.1 Å². The number of carbonyl (C=O) groups excluding carboxylic acids is 1. The van der Waals surface area contributed by atoms with Crippen LogP contribution in [-0.4, -0.2) is 195 Å². The molecule has 8 rings (SSSR count). The van der Waals surface area contributed by atoms with Crippen LogP contribution in [0.4, 0.5) is 0 Å². The zero-order valence-corrected chi connectivity index (χ0v) is 41.3. The number of rotatable bonds is 9. The van der Waals surface area contributed by atoms with Crippen molar-refractivity contribution in [2.45, 2.75) is 201 Å². The first kappa shape index (κ1) is 52.6. The lowest BCUT2D eigenvalue weighted by molar-refractivity contribution is -0.361. The molecule has 7 fully saturated rings. The van der Waals surface area contributed by atoms with E-state index in [9.17, 15) is 61.3 Å². The second-order valence-corrected chi connectivity index (χ2v) is 24.2. The summed E-state index contributed by atoms with van der Waals surface area (Å²) in [6.07, 6.45) is -19.0. The molecule has 19 nitrogen and oxygen atoms in total. The first-order chi connectivity index (χ1) is 31.4. The molecule has 12 N–H and O–H groups in total. The first-order valence-corrected chi connectivity index (χ1v) is 25.3. The Hall–Kier alpha value is -0.740. The SMILES string of the molecule is C[C@H]1[C@H](C)CC[C@]2(C(=O)OC3O[C@H](CO[C@H]4O[C@H](CO)[C@@H](O[C@@H]5O[C@@H](C)[C@H](O)[C@@H](O)[C@H]5O)[C@H](O)[C@H]4O)[C@@H](O)[C@H](O)[C@H]3O)CC[C@]3(I)C(=CCC4[C@@]5(C)C[C@@H](O)[C@H](O)[C@@](C)(CO)[C@@H]5CC[C@]43C)[C@H]12. The zero-order chi connectivity index (χ0) is 49.1. The van der Waals surface area contributed by atoms with E-state index in [1.165, 1.54) is 12.5 Å². The summed E-state index contributed by atoms with van der Waals surface area (Å²) < 4.78 is 34.3. The van der Waals surface area contributed by atoms with Gasteiger partial charge in [0.2, 0.25) is 6.29 Å². The summed E-state index contributed by atoms with van der Waals surface area (Å²) in [6, 6.07) is 0. The molecule has 3 aliphatic heterocycles. The third-order valence-corrected chi connectivity index (χ3v) is 21.4. The van der Waals surface area contributed by atoms with Gasteiger partial charge < -0.3 is 89.7 Å². The number of alkyl halides is 1. The normalized spacial score (nSPS) is 56.7. The lowest BCUT2D eigenvalue weighted by Crippen LogP contribution is -2.69. The standard InChI is InChI=1S/C47H75IO19/c1-19-9-12-46(13-14-47(48)22(28(46)20(19)2)7-8-27-43(4)15-23(51)38(60)44(5,18-50)26(43)10-11-45(27,47)6)42(61)67-41-35(58)32(55)30(53)25(65-41)17-62-39-36(59)33(56)37(24(16-49)64-39)66-40-34(57)31(54)29(52)21(3)63-40/h7,19-21,23-41,49-60H,8-18H2,1-6H3/t19-,20+,21+,23-,24-,25-,26-,27?,28+,29+,30-,31-,32+,33-,34-,35-,36-,37-,38+,39+,40+,41?,43+,44+,45-,46+,47+/m1/s1. The highest BCUT2D eigenvalue weighted by molar-refractivity contribution is 14.1. The number of halogens is 1. The fourth-order valence-electron chi connectivity index (χ4n) is 14.8. The van der Waals surface area contributed by atoms with Crippen molar-refractivity contribution in [3.8, 4) is 0 Å². The van der Waals surface area contributed by atoms with E-state index in [0.717, 1.165) is 19.3 Å². The van der Waals surface area contributed by atoms with E-state index in [-0.39, 0.29) is 50.4 Å². The Bertz CT molecular complexity index is 1830. The van der Waals surface area contributed by atoms with Crippen LogP contribution in [0.3, 0.4) is 0 Å². The summed E-state index contributed by atoms with van der Waals surface area (Å²) in [4.78, 5) is 15.0. The van der Waals surface area contributed by atoms with Gasteiger partial charge in [-0.2, -0.15) is 0 Å². The minimum atomic E-state index is -1.86. The van der Waals surface area contributed by atoms with Crippen LogP contribution in [0.15, 0.2) is 11.6 Å². The second kappa shape index (κ2) is 18.9. The number of aliphatic hydroxyl groups is 12. The van der Waals surface area contributed by atoms with Crippen LogP contribution < -0.4 is 0 Å². The number of aliphatic hydroxyl groups excluding tert-OH is 12. The Balaban J connectivity index is 0.985. The van der Waals surface area contributed by atoms with Crippen LogP contribution in [0.2, 0.25) is 0 Å². The molecule has 3 saturated heterocycles. The fourth-order valence-corrected chi connectivity index (χ4v) is 16.2. The molecule has 0 aromatic carbocycles. The van der Waals surface area contributed by atoms with E-state index in [4.69, 9.17) is 28.4 Å². The number of esters is 1. The molecule has 20 heteroatoms. The maximum Gasteiger partial charge on any atom is 0.315 e. The van der Waals surface area contributed by atoms with E-state index in [1.54, 1.807) is 0 Å². The Labute approximate surface area is 404 Å². The molecule has 3 heterocycles. The van der Waals surface area contributed by atoms with Gasteiger partial charge in [-0.15, -0.1) is 0 Å². The third kappa shape index (κ3) is 8.13. The molecule has 0 spiro atoms. The smallest absolute Gasteiger partial charge is 0.315 e. The van der Waals surface area contributed by atoms with E-state index in [1.807, 2.05) is 6.92 Å². The molecular weight excluding hydrogens is 995 g/mol. The average molecular weight is 1070 g/mol. The fraction of sp³-hybridized carbons (Fsp3) is 0.936. The summed E-state index contributed by atoms with van der Waals surface area (Å²) >= 11 is 2.65. The minimum Gasteiger partial charge on any atom is -0.432 e. The van der Waals surface area contributed by atoms with Crippen LogP contribution in [-0.2, 0) is 33.2 Å². The van der Waals surface area contributed by atoms with Gasteiger partial charge in [-0.3, -0.25) is 4.79 Å². The van der Waals surface area contributed by atoms with Gasteiger partial charge in [0.1, 0.15) is 67.1 Å². The van der Waals surface area contributed by atoms with E-state index in [2.05, 4.69) is 56.4 Å². The molecule has 5 aliphatic carbocycles. The van der Waals surface area contributed by atoms with Crippen molar-refractivity contribution >= 4 is 28.6 Å². The predicted octanol–water partition coefficient (Wildman–Crippen LogP) is -0.865.